The van der Waals surface area contributed by atoms with Crippen LogP contribution in [0.5, 0.6) is 11.5 Å². The van der Waals surface area contributed by atoms with Gasteiger partial charge in [-0.15, -0.1) is 0 Å². The lowest BCUT2D eigenvalue weighted by Crippen LogP contribution is -2.23. The molecule has 6 heteroatoms. The zero-order valence-corrected chi connectivity index (χ0v) is 16.2. The summed E-state index contributed by atoms with van der Waals surface area (Å²) in [7, 11) is 0. The molecule has 1 amide bonds. The van der Waals surface area contributed by atoms with E-state index in [0.29, 0.717) is 31.1 Å². The van der Waals surface area contributed by atoms with Crippen LogP contribution in [0.3, 0.4) is 0 Å². The molecule has 4 aromatic rings. The Labute approximate surface area is 173 Å². The van der Waals surface area contributed by atoms with Crippen molar-refractivity contribution in [2.75, 3.05) is 13.2 Å². The van der Waals surface area contributed by atoms with Gasteiger partial charge in [0.05, 0.1) is 16.8 Å². The van der Waals surface area contributed by atoms with E-state index in [2.05, 4.69) is 10.3 Å². The topological polar surface area (TPSA) is 73.3 Å². The Bertz CT molecular complexity index is 1230. The highest BCUT2D eigenvalue weighted by Gasteiger charge is 2.15. The molecule has 148 valence electrons. The summed E-state index contributed by atoms with van der Waals surface area (Å²) in [4.78, 5) is 21.9. The second-order valence-corrected chi connectivity index (χ2v) is 6.97. The van der Waals surface area contributed by atoms with Crippen LogP contribution in [0.15, 0.2) is 73.1 Å². The first kappa shape index (κ1) is 18.1. The molecule has 0 atom stereocenters. The molecule has 3 heterocycles. The molecule has 1 N–H and O–H groups in total. The maximum absolute atomic E-state index is 13.1. The molecule has 1 aliphatic heterocycles. The number of para-hydroxylation sites is 1. The lowest BCUT2D eigenvalue weighted by molar-refractivity contribution is 0.0952. The highest BCUT2D eigenvalue weighted by atomic mass is 16.6. The monoisotopic (exact) mass is 397 g/mol. The zero-order chi connectivity index (χ0) is 20.3. The van der Waals surface area contributed by atoms with Crippen LogP contribution in [0.1, 0.15) is 15.9 Å². The summed E-state index contributed by atoms with van der Waals surface area (Å²) in [6.45, 7) is 1.47. The van der Waals surface area contributed by atoms with Crippen LogP contribution in [-0.2, 0) is 6.54 Å². The molecular weight excluding hydrogens is 378 g/mol. The number of pyridine rings is 2. The highest BCUT2D eigenvalue weighted by molar-refractivity contribution is 6.07. The average Bonchev–Trinajstić information content (AvgIpc) is 2.82. The van der Waals surface area contributed by atoms with Gasteiger partial charge in [0.2, 0.25) is 0 Å². The molecular formula is C24H19N3O3. The van der Waals surface area contributed by atoms with Gasteiger partial charge >= 0.3 is 0 Å². The molecule has 0 saturated heterocycles. The minimum atomic E-state index is -0.154. The molecule has 0 aliphatic carbocycles. The summed E-state index contributed by atoms with van der Waals surface area (Å²) in [5, 5.41) is 3.83. The summed E-state index contributed by atoms with van der Waals surface area (Å²) in [5.41, 5.74) is 3.96. The van der Waals surface area contributed by atoms with Crippen LogP contribution in [0.2, 0.25) is 0 Å². The maximum Gasteiger partial charge on any atom is 0.252 e. The Kier molecular flexibility index (Phi) is 4.73. The van der Waals surface area contributed by atoms with Gasteiger partial charge in [-0.25, -0.2) is 4.98 Å². The summed E-state index contributed by atoms with van der Waals surface area (Å²) in [6, 6.07) is 19.0. The van der Waals surface area contributed by atoms with E-state index < -0.39 is 0 Å². The third-order valence-corrected chi connectivity index (χ3v) is 5.00. The molecule has 1 aliphatic rings. The Morgan fingerprint density at radius 2 is 1.73 bits per heavy atom. The number of benzene rings is 2. The first-order chi connectivity index (χ1) is 14.8. The largest absolute Gasteiger partial charge is 0.486 e. The van der Waals surface area contributed by atoms with Crippen LogP contribution in [0, 0.1) is 0 Å². The van der Waals surface area contributed by atoms with Crippen LogP contribution in [0.4, 0.5) is 0 Å². The second kappa shape index (κ2) is 7.83. The van der Waals surface area contributed by atoms with Crippen LogP contribution < -0.4 is 14.8 Å². The molecule has 0 unspecified atom stereocenters. The zero-order valence-electron chi connectivity index (χ0n) is 16.2. The molecule has 0 bridgehead atoms. The maximum atomic E-state index is 13.1. The van der Waals surface area contributed by atoms with Gasteiger partial charge in [-0.3, -0.25) is 9.78 Å². The molecule has 0 radical (unpaired) electrons. The standard InChI is InChI=1S/C24H19N3O3/c28-24(26-15-16-5-6-22-23(13-16)30-12-11-29-22)19-14-21(17-7-9-25-10-8-17)27-20-4-2-1-3-18(19)20/h1-10,13-14H,11-12,15H2,(H,26,28). The van der Waals surface area contributed by atoms with Gasteiger partial charge in [-0.2, -0.15) is 0 Å². The van der Waals surface area contributed by atoms with Gasteiger partial charge in [0, 0.05) is 29.9 Å². The number of carbonyl (C=O) groups excluding carboxylic acids is 1. The lowest BCUT2D eigenvalue weighted by atomic mass is 10.0. The highest BCUT2D eigenvalue weighted by Crippen LogP contribution is 2.31. The van der Waals surface area contributed by atoms with E-state index in [9.17, 15) is 4.79 Å². The minimum Gasteiger partial charge on any atom is -0.486 e. The second-order valence-electron chi connectivity index (χ2n) is 6.97. The number of carbonyl (C=O) groups is 1. The first-order valence-electron chi connectivity index (χ1n) is 9.75. The molecule has 0 spiro atoms. The molecule has 0 saturated carbocycles. The van der Waals surface area contributed by atoms with Crippen molar-refractivity contribution >= 4 is 16.8 Å². The fraction of sp³-hybridized carbons (Fsp3) is 0.125. The van der Waals surface area contributed by atoms with Crippen molar-refractivity contribution in [1.29, 1.82) is 0 Å². The van der Waals surface area contributed by atoms with Crippen molar-refractivity contribution in [1.82, 2.24) is 15.3 Å². The summed E-state index contributed by atoms with van der Waals surface area (Å²) >= 11 is 0. The van der Waals surface area contributed by atoms with Gasteiger partial charge in [-0.05, 0) is 42.0 Å². The van der Waals surface area contributed by atoms with Crippen molar-refractivity contribution in [2.45, 2.75) is 6.54 Å². The SMILES string of the molecule is O=C(NCc1ccc2c(c1)OCCO2)c1cc(-c2ccncc2)nc2ccccc12. The van der Waals surface area contributed by atoms with Gasteiger partial charge in [0.15, 0.2) is 11.5 Å². The Morgan fingerprint density at radius 3 is 2.60 bits per heavy atom. The van der Waals surface area contributed by atoms with Gasteiger partial charge < -0.3 is 14.8 Å². The smallest absolute Gasteiger partial charge is 0.252 e. The predicted molar refractivity (Wildman–Crippen MR) is 114 cm³/mol. The molecule has 0 fully saturated rings. The molecule has 30 heavy (non-hydrogen) atoms. The van der Waals surface area contributed by atoms with Gasteiger partial charge in [-0.1, -0.05) is 24.3 Å². The van der Waals surface area contributed by atoms with E-state index in [-0.39, 0.29) is 5.91 Å². The number of aromatic nitrogens is 2. The van der Waals surface area contributed by atoms with Crippen molar-refractivity contribution in [3.05, 3.63) is 84.2 Å². The van der Waals surface area contributed by atoms with E-state index in [0.717, 1.165) is 33.5 Å². The summed E-state index contributed by atoms with van der Waals surface area (Å²) in [5.74, 6) is 1.29. The fourth-order valence-electron chi connectivity index (χ4n) is 3.51. The fourth-order valence-corrected chi connectivity index (χ4v) is 3.51. The molecule has 5 rings (SSSR count). The van der Waals surface area contributed by atoms with Crippen LogP contribution in [-0.4, -0.2) is 29.1 Å². The molecule has 6 nitrogen and oxygen atoms in total. The summed E-state index contributed by atoms with van der Waals surface area (Å²) < 4.78 is 11.2. The van der Waals surface area contributed by atoms with E-state index in [1.165, 1.54) is 0 Å². The number of ether oxygens (including phenoxy) is 2. The Balaban J connectivity index is 1.44. The predicted octanol–water partition coefficient (Wildman–Crippen LogP) is 4.00. The molecule has 2 aromatic heterocycles. The first-order valence-corrected chi connectivity index (χ1v) is 9.75. The summed E-state index contributed by atoms with van der Waals surface area (Å²) in [6.07, 6.45) is 3.43. The van der Waals surface area contributed by atoms with Crippen molar-refractivity contribution in [3.63, 3.8) is 0 Å². The van der Waals surface area contributed by atoms with E-state index in [1.807, 2.05) is 60.7 Å². The number of rotatable bonds is 4. The minimum absolute atomic E-state index is 0.154. The normalized spacial score (nSPS) is 12.5. The number of hydrogen-bond acceptors (Lipinski definition) is 5. The Hall–Kier alpha value is -3.93. The van der Waals surface area contributed by atoms with Crippen molar-refractivity contribution < 1.29 is 14.3 Å². The third kappa shape index (κ3) is 3.55. The van der Waals surface area contributed by atoms with Gasteiger partial charge in [0.1, 0.15) is 13.2 Å². The lowest BCUT2D eigenvalue weighted by Gasteiger charge is -2.19. The number of amides is 1. The number of nitrogens with one attached hydrogen (secondary N) is 1. The van der Waals surface area contributed by atoms with E-state index in [1.54, 1.807) is 12.4 Å². The van der Waals surface area contributed by atoms with Crippen LogP contribution in [0.25, 0.3) is 22.2 Å². The molecule has 2 aromatic carbocycles. The van der Waals surface area contributed by atoms with Crippen molar-refractivity contribution in [2.24, 2.45) is 0 Å². The Morgan fingerprint density at radius 1 is 0.933 bits per heavy atom. The van der Waals surface area contributed by atoms with Gasteiger partial charge in [0.25, 0.3) is 5.91 Å². The number of nitrogens with zero attached hydrogens (tertiary/aromatic N) is 2. The number of hydrogen-bond donors (Lipinski definition) is 1. The average molecular weight is 397 g/mol. The number of fused-ring (bicyclic) bond motifs is 2. The van der Waals surface area contributed by atoms with Crippen LogP contribution >= 0.6 is 0 Å². The van der Waals surface area contributed by atoms with E-state index in [4.69, 9.17) is 14.5 Å². The van der Waals surface area contributed by atoms with Crippen molar-refractivity contribution in [3.8, 4) is 22.8 Å². The van der Waals surface area contributed by atoms with E-state index >= 15 is 0 Å². The quantitative estimate of drug-likeness (QED) is 0.564. The third-order valence-electron chi connectivity index (χ3n) is 5.00.